The van der Waals surface area contributed by atoms with Crippen LogP contribution < -0.4 is 5.73 Å². The topological polar surface area (TPSA) is 87.0 Å². The van der Waals surface area contributed by atoms with Crippen LogP contribution in [0.15, 0.2) is 45.6 Å². The zero-order valence-electron chi connectivity index (χ0n) is 8.21. The van der Waals surface area contributed by atoms with E-state index in [1.54, 1.807) is 6.26 Å². The Labute approximate surface area is 92.0 Å². The highest BCUT2D eigenvalue weighted by Gasteiger charge is 1.92. The van der Waals surface area contributed by atoms with E-state index in [1.807, 2.05) is 30.3 Å². The van der Waals surface area contributed by atoms with Crippen LogP contribution in [0.3, 0.4) is 0 Å². The number of nitrogens with two attached hydrogens (primary N) is 1. The van der Waals surface area contributed by atoms with Crippen molar-refractivity contribution in [1.29, 1.82) is 5.41 Å². The van der Waals surface area contributed by atoms with E-state index in [9.17, 15) is 0 Å². The molecule has 1 aromatic carbocycles. The molecule has 6 heteroatoms. The standard InChI is InChI=1S/C9H11N5S/c1-15-9(11)14-13-8(10)12-7-5-3-2-4-6-7/h2-6,11H,1H3,(H2,10,12). The van der Waals surface area contributed by atoms with Crippen molar-refractivity contribution in [2.24, 2.45) is 21.0 Å². The summed E-state index contributed by atoms with van der Waals surface area (Å²) in [6.07, 6.45) is 1.74. The molecule has 0 atom stereocenters. The van der Waals surface area contributed by atoms with Crippen molar-refractivity contribution in [1.82, 2.24) is 0 Å². The lowest BCUT2D eigenvalue weighted by Gasteiger charge is -1.93. The third-order valence-electron chi connectivity index (χ3n) is 1.44. The summed E-state index contributed by atoms with van der Waals surface area (Å²) in [6, 6.07) is 9.21. The maximum absolute atomic E-state index is 7.20. The molecular weight excluding hydrogens is 210 g/mol. The van der Waals surface area contributed by atoms with Crippen molar-refractivity contribution >= 4 is 28.6 Å². The van der Waals surface area contributed by atoms with E-state index in [0.717, 1.165) is 0 Å². The van der Waals surface area contributed by atoms with Crippen LogP contribution in [0.5, 0.6) is 0 Å². The van der Waals surface area contributed by atoms with Crippen LogP contribution in [0, 0.1) is 5.41 Å². The van der Waals surface area contributed by atoms with E-state index >= 15 is 0 Å². The molecule has 5 nitrogen and oxygen atoms in total. The fraction of sp³-hybridized carbons (Fsp3) is 0.111. The number of thioether (sulfide) groups is 1. The van der Waals surface area contributed by atoms with Gasteiger partial charge in [-0.3, -0.25) is 5.41 Å². The number of nitrogens with one attached hydrogen (secondary N) is 1. The molecule has 0 unspecified atom stereocenters. The Morgan fingerprint density at radius 2 is 1.93 bits per heavy atom. The minimum atomic E-state index is 0.0417. The van der Waals surface area contributed by atoms with E-state index in [-0.39, 0.29) is 11.1 Å². The van der Waals surface area contributed by atoms with E-state index in [4.69, 9.17) is 11.1 Å². The van der Waals surface area contributed by atoms with Gasteiger partial charge in [-0.15, -0.1) is 10.2 Å². The van der Waals surface area contributed by atoms with Gasteiger partial charge in [0.2, 0.25) is 11.1 Å². The number of aliphatic imine (C=N–C) groups is 1. The van der Waals surface area contributed by atoms with Gasteiger partial charge in [-0.2, -0.15) is 0 Å². The number of hydrogen-bond acceptors (Lipinski definition) is 3. The average molecular weight is 221 g/mol. The Hall–Kier alpha value is -1.69. The first-order chi connectivity index (χ1) is 7.22. The Morgan fingerprint density at radius 3 is 2.53 bits per heavy atom. The molecule has 0 amide bonds. The van der Waals surface area contributed by atoms with E-state index in [2.05, 4.69) is 15.2 Å². The van der Waals surface area contributed by atoms with Crippen LogP contribution in [0.25, 0.3) is 0 Å². The molecule has 0 aliphatic rings. The highest BCUT2D eigenvalue weighted by Crippen LogP contribution is 2.09. The quantitative estimate of drug-likeness (QED) is 0.433. The molecule has 0 aliphatic heterocycles. The second kappa shape index (κ2) is 5.92. The highest BCUT2D eigenvalue weighted by atomic mass is 32.2. The molecular formula is C9H11N5S. The molecule has 0 saturated carbocycles. The molecule has 3 N–H and O–H groups in total. The van der Waals surface area contributed by atoms with Gasteiger partial charge in [-0.05, 0) is 18.4 Å². The van der Waals surface area contributed by atoms with Crippen molar-refractivity contribution in [3.63, 3.8) is 0 Å². The smallest absolute Gasteiger partial charge is 0.240 e. The maximum atomic E-state index is 7.20. The summed E-state index contributed by atoms with van der Waals surface area (Å²) in [5, 5.41) is 14.5. The lowest BCUT2D eigenvalue weighted by atomic mass is 10.3. The fourth-order valence-corrected chi connectivity index (χ4v) is 0.917. The number of azo groups is 1. The number of benzene rings is 1. The normalized spacial score (nSPS) is 11.9. The molecule has 0 aliphatic carbocycles. The summed E-state index contributed by atoms with van der Waals surface area (Å²) in [4.78, 5) is 3.99. The molecule has 0 bridgehead atoms. The van der Waals surface area contributed by atoms with Crippen molar-refractivity contribution in [3.05, 3.63) is 30.3 Å². The zero-order valence-corrected chi connectivity index (χ0v) is 9.03. The molecule has 0 radical (unpaired) electrons. The van der Waals surface area contributed by atoms with Gasteiger partial charge in [0.25, 0.3) is 0 Å². The number of nitrogens with zero attached hydrogens (tertiary/aromatic N) is 3. The van der Waals surface area contributed by atoms with Gasteiger partial charge in [0.1, 0.15) is 0 Å². The molecule has 1 aromatic rings. The minimum absolute atomic E-state index is 0.0417. The molecule has 0 fully saturated rings. The Balaban J connectivity index is 2.69. The minimum Gasteiger partial charge on any atom is -0.366 e. The lowest BCUT2D eigenvalue weighted by Crippen LogP contribution is -2.06. The monoisotopic (exact) mass is 221 g/mol. The van der Waals surface area contributed by atoms with Gasteiger partial charge in [-0.25, -0.2) is 4.99 Å². The predicted molar refractivity (Wildman–Crippen MR) is 63.8 cm³/mol. The molecule has 0 heterocycles. The van der Waals surface area contributed by atoms with E-state index in [1.165, 1.54) is 11.8 Å². The summed E-state index contributed by atoms with van der Waals surface area (Å²) in [6.45, 7) is 0. The van der Waals surface area contributed by atoms with Gasteiger partial charge in [0.15, 0.2) is 0 Å². The Bertz CT molecular complexity index is 385. The third-order valence-corrected chi connectivity index (χ3v) is 1.90. The van der Waals surface area contributed by atoms with Crippen molar-refractivity contribution in [2.75, 3.05) is 6.26 Å². The first kappa shape index (κ1) is 11.4. The second-order valence-corrected chi connectivity index (χ2v) is 3.31. The molecule has 0 aromatic heterocycles. The second-order valence-electron chi connectivity index (χ2n) is 2.51. The van der Waals surface area contributed by atoms with Crippen LogP contribution in [0.4, 0.5) is 5.69 Å². The Morgan fingerprint density at radius 1 is 1.27 bits per heavy atom. The van der Waals surface area contributed by atoms with Crippen LogP contribution in [0.1, 0.15) is 0 Å². The van der Waals surface area contributed by atoms with Crippen LogP contribution in [-0.2, 0) is 0 Å². The third kappa shape index (κ3) is 4.37. The van der Waals surface area contributed by atoms with Crippen molar-refractivity contribution in [3.8, 4) is 0 Å². The van der Waals surface area contributed by atoms with Gasteiger partial charge >= 0.3 is 0 Å². The number of guanidine groups is 1. The zero-order chi connectivity index (χ0) is 11.1. The highest BCUT2D eigenvalue weighted by molar-refractivity contribution is 8.13. The number of hydrogen-bond donors (Lipinski definition) is 2. The van der Waals surface area contributed by atoms with Crippen LogP contribution in [0.2, 0.25) is 0 Å². The number of para-hydroxylation sites is 1. The molecule has 78 valence electrons. The van der Waals surface area contributed by atoms with Crippen molar-refractivity contribution < 1.29 is 0 Å². The van der Waals surface area contributed by atoms with Gasteiger partial charge < -0.3 is 5.73 Å². The summed E-state index contributed by atoms with van der Waals surface area (Å²) < 4.78 is 0. The number of amidine groups is 1. The molecule has 0 saturated heterocycles. The summed E-state index contributed by atoms with van der Waals surface area (Å²) in [7, 11) is 0. The first-order valence-corrected chi connectivity index (χ1v) is 5.38. The van der Waals surface area contributed by atoms with E-state index < -0.39 is 0 Å². The van der Waals surface area contributed by atoms with Crippen LogP contribution >= 0.6 is 11.8 Å². The fourth-order valence-electron chi connectivity index (χ4n) is 0.795. The largest absolute Gasteiger partial charge is 0.366 e. The van der Waals surface area contributed by atoms with Gasteiger partial charge in [-0.1, -0.05) is 30.0 Å². The van der Waals surface area contributed by atoms with E-state index in [0.29, 0.717) is 5.69 Å². The number of rotatable bonds is 1. The Kier molecular flexibility index (Phi) is 4.49. The molecule has 15 heavy (non-hydrogen) atoms. The van der Waals surface area contributed by atoms with Gasteiger partial charge in [0, 0.05) is 0 Å². The first-order valence-electron chi connectivity index (χ1n) is 4.16. The lowest BCUT2D eigenvalue weighted by molar-refractivity contribution is 1.27. The summed E-state index contributed by atoms with van der Waals surface area (Å²) >= 11 is 1.19. The molecule has 0 spiro atoms. The maximum Gasteiger partial charge on any atom is 0.240 e. The SMILES string of the molecule is CSC(=N)N=NC(N)=Nc1ccccc1. The van der Waals surface area contributed by atoms with Crippen molar-refractivity contribution in [2.45, 2.75) is 0 Å². The predicted octanol–water partition coefficient (Wildman–Crippen LogP) is 2.38. The molecule has 1 rings (SSSR count). The van der Waals surface area contributed by atoms with Crippen LogP contribution in [-0.4, -0.2) is 17.4 Å². The summed E-state index contributed by atoms with van der Waals surface area (Å²) in [5.74, 6) is 0.0417. The van der Waals surface area contributed by atoms with Gasteiger partial charge in [0.05, 0.1) is 5.69 Å². The average Bonchev–Trinajstić information content (AvgIpc) is 2.27. The summed E-state index contributed by atoms with van der Waals surface area (Å²) in [5.41, 5.74) is 6.20.